The van der Waals surface area contributed by atoms with E-state index < -0.39 is 0 Å². The molecular formula is C29H50O2S. The van der Waals surface area contributed by atoms with Crippen molar-refractivity contribution in [3.63, 3.8) is 0 Å². The minimum atomic E-state index is -0.0510. The number of thiol groups is 1. The molecule has 3 atom stereocenters. The molecule has 1 aliphatic rings. The van der Waals surface area contributed by atoms with Gasteiger partial charge in [-0.1, -0.05) is 72.6 Å². The number of ether oxygens (including phenoxy) is 1. The van der Waals surface area contributed by atoms with E-state index in [4.69, 9.17) is 8.92 Å². The van der Waals surface area contributed by atoms with E-state index in [2.05, 4.69) is 68.3 Å². The molecule has 184 valence electrons. The maximum Gasteiger partial charge on any atom is 0.143 e. The van der Waals surface area contributed by atoms with Gasteiger partial charge in [0.2, 0.25) is 0 Å². The van der Waals surface area contributed by atoms with Gasteiger partial charge in [0.15, 0.2) is 0 Å². The van der Waals surface area contributed by atoms with E-state index in [1.165, 1.54) is 68.1 Å². The zero-order chi connectivity index (χ0) is 23.9. The highest BCUT2D eigenvalue weighted by molar-refractivity contribution is 7.75. The average Bonchev–Trinajstić information content (AvgIpc) is 2.72. The Morgan fingerprint density at radius 3 is 1.97 bits per heavy atom. The van der Waals surface area contributed by atoms with Crippen molar-refractivity contribution >= 4 is 12.9 Å². The van der Waals surface area contributed by atoms with Crippen LogP contribution in [0.15, 0.2) is 0 Å². The van der Waals surface area contributed by atoms with Gasteiger partial charge in [0.1, 0.15) is 17.1 Å². The lowest BCUT2D eigenvalue weighted by atomic mass is 9.84. The Bertz CT molecular complexity index is 727. The molecule has 1 aromatic carbocycles. The molecule has 1 aromatic rings. The van der Waals surface area contributed by atoms with Gasteiger partial charge in [0, 0.05) is 18.5 Å². The number of fused-ring (bicyclic) bond motifs is 1. The molecule has 0 amide bonds. The van der Waals surface area contributed by atoms with E-state index in [0.29, 0.717) is 0 Å². The van der Waals surface area contributed by atoms with Gasteiger partial charge in [0.05, 0.1) is 0 Å². The van der Waals surface area contributed by atoms with Crippen LogP contribution in [0.5, 0.6) is 11.5 Å². The van der Waals surface area contributed by atoms with Crippen LogP contribution in [0, 0.1) is 38.5 Å². The Morgan fingerprint density at radius 1 is 0.844 bits per heavy atom. The summed E-state index contributed by atoms with van der Waals surface area (Å²) < 4.78 is 12.1. The van der Waals surface area contributed by atoms with Gasteiger partial charge in [0.25, 0.3) is 0 Å². The average molecular weight is 463 g/mol. The van der Waals surface area contributed by atoms with Crippen LogP contribution in [0.2, 0.25) is 0 Å². The summed E-state index contributed by atoms with van der Waals surface area (Å²) in [5.74, 6) is 4.56. The molecule has 0 aromatic heterocycles. The predicted octanol–water partition coefficient (Wildman–Crippen LogP) is 9.36. The van der Waals surface area contributed by atoms with Crippen molar-refractivity contribution in [2.45, 2.75) is 132 Å². The molecule has 0 spiro atoms. The topological polar surface area (TPSA) is 18.5 Å². The molecule has 0 bridgehead atoms. The highest BCUT2D eigenvalue weighted by Crippen LogP contribution is 2.45. The summed E-state index contributed by atoms with van der Waals surface area (Å²) >= 11 is 4.08. The summed E-state index contributed by atoms with van der Waals surface area (Å²) in [4.78, 5) is 0. The molecular weight excluding hydrogens is 412 g/mol. The fourth-order valence-electron chi connectivity index (χ4n) is 5.40. The zero-order valence-electron chi connectivity index (χ0n) is 22.3. The molecule has 0 unspecified atom stereocenters. The molecule has 32 heavy (non-hydrogen) atoms. The Morgan fingerprint density at radius 2 is 1.41 bits per heavy atom. The highest BCUT2D eigenvalue weighted by Gasteiger charge is 2.34. The standard InChI is InChI=1S/C29H50O2S/c1-20(2)12-9-13-21(3)14-10-15-22(4)16-11-18-29(8)19-17-26-25(7)27(31-32)23(5)24(6)28(26)30-29/h20-22,32H,9-19H2,1-8H3/t21-,22-,29-/m1/s1. The van der Waals surface area contributed by atoms with Crippen LogP contribution in [0.25, 0.3) is 0 Å². The van der Waals surface area contributed by atoms with Crippen molar-refractivity contribution in [1.29, 1.82) is 0 Å². The third kappa shape index (κ3) is 7.61. The van der Waals surface area contributed by atoms with Gasteiger partial charge in [-0.05, 0) is 87.8 Å². The molecule has 2 rings (SSSR count). The molecule has 0 fully saturated rings. The van der Waals surface area contributed by atoms with Crippen molar-refractivity contribution in [2.24, 2.45) is 17.8 Å². The van der Waals surface area contributed by atoms with Crippen molar-refractivity contribution in [1.82, 2.24) is 0 Å². The highest BCUT2D eigenvalue weighted by atomic mass is 32.1. The second-order valence-corrected chi connectivity index (χ2v) is 11.7. The first-order valence-electron chi connectivity index (χ1n) is 13.2. The van der Waals surface area contributed by atoms with Crippen LogP contribution in [-0.4, -0.2) is 5.60 Å². The van der Waals surface area contributed by atoms with Crippen LogP contribution in [0.1, 0.15) is 121 Å². The summed E-state index contributed by atoms with van der Waals surface area (Å²) in [5, 5.41) is 0. The van der Waals surface area contributed by atoms with E-state index in [0.717, 1.165) is 54.1 Å². The Labute approximate surface area is 204 Å². The molecule has 1 aliphatic heterocycles. The minimum Gasteiger partial charge on any atom is -0.487 e. The molecule has 0 N–H and O–H groups in total. The monoisotopic (exact) mass is 462 g/mol. The van der Waals surface area contributed by atoms with Crippen molar-refractivity contribution in [2.75, 3.05) is 0 Å². The normalized spacial score (nSPS) is 20.1. The first-order valence-corrected chi connectivity index (χ1v) is 13.6. The Balaban J connectivity index is 1.77. The van der Waals surface area contributed by atoms with Crippen LogP contribution in [0.3, 0.4) is 0 Å². The van der Waals surface area contributed by atoms with Gasteiger partial charge >= 0.3 is 0 Å². The predicted molar refractivity (Wildman–Crippen MR) is 142 cm³/mol. The van der Waals surface area contributed by atoms with E-state index in [-0.39, 0.29) is 5.60 Å². The third-order valence-corrected chi connectivity index (χ3v) is 8.11. The Hall–Kier alpha value is -0.830. The first kappa shape index (κ1) is 27.4. The fraction of sp³-hybridized carbons (Fsp3) is 0.793. The number of hydrogen-bond donors (Lipinski definition) is 1. The molecule has 0 radical (unpaired) electrons. The van der Waals surface area contributed by atoms with Crippen LogP contribution < -0.4 is 8.92 Å². The third-order valence-electron chi connectivity index (χ3n) is 7.93. The van der Waals surface area contributed by atoms with E-state index >= 15 is 0 Å². The minimum absolute atomic E-state index is 0.0510. The molecule has 3 heteroatoms. The van der Waals surface area contributed by atoms with Crippen molar-refractivity contribution in [3.8, 4) is 11.5 Å². The second kappa shape index (κ2) is 12.6. The van der Waals surface area contributed by atoms with Gasteiger partial charge in [-0.2, -0.15) is 0 Å². The fourth-order valence-corrected chi connectivity index (χ4v) is 5.67. The number of hydrogen-bond acceptors (Lipinski definition) is 3. The molecule has 2 nitrogen and oxygen atoms in total. The molecule has 0 aliphatic carbocycles. The van der Waals surface area contributed by atoms with Crippen LogP contribution in [-0.2, 0) is 6.42 Å². The van der Waals surface area contributed by atoms with Gasteiger partial charge in [-0.3, -0.25) is 0 Å². The van der Waals surface area contributed by atoms with E-state index in [1.54, 1.807) is 0 Å². The Kier molecular flexibility index (Phi) is 10.8. The van der Waals surface area contributed by atoms with Gasteiger partial charge in [-0.15, -0.1) is 0 Å². The SMILES string of the molecule is Cc1c(C)c2c(c(C)c1OS)CC[C@@](C)(CCC[C@H](C)CCC[C@H](C)CCCC(C)C)O2. The summed E-state index contributed by atoms with van der Waals surface area (Å²) in [6.07, 6.45) is 14.2. The van der Waals surface area contributed by atoms with E-state index in [9.17, 15) is 0 Å². The quantitative estimate of drug-likeness (QED) is 0.232. The van der Waals surface area contributed by atoms with Crippen LogP contribution in [0.4, 0.5) is 0 Å². The maximum atomic E-state index is 6.68. The first-order chi connectivity index (χ1) is 15.1. The molecule has 0 saturated heterocycles. The lowest BCUT2D eigenvalue weighted by Crippen LogP contribution is -2.37. The smallest absolute Gasteiger partial charge is 0.143 e. The van der Waals surface area contributed by atoms with Crippen molar-refractivity contribution < 1.29 is 8.92 Å². The number of rotatable bonds is 13. The van der Waals surface area contributed by atoms with Gasteiger partial charge < -0.3 is 8.92 Å². The summed E-state index contributed by atoms with van der Waals surface area (Å²) in [7, 11) is 0. The summed E-state index contributed by atoms with van der Waals surface area (Å²) in [6.45, 7) is 18.3. The van der Waals surface area contributed by atoms with Crippen LogP contribution >= 0.6 is 12.9 Å². The summed E-state index contributed by atoms with van der Waals surface area (Å²) in [6, 6.07) is 0. The lowest BCUT2D eigenvalue weighted by Gasteiger charge is -2.38. The number of benzene rings is 1. The van der Waals surface area contributed by atoms with E-state index in [1.807, 2.05) is 0 Å². The zero-order valence-corrected chi connectivity index (χ0v) is 23.2. The summed E-state index contributed by atoms with van der Waals surface area (Å²) in [5.41, 5.74) is 4.80. The van der Waals surface area contributed by atoms with Gasteiger partial charge in [-0.25, -0.2) is 0 Å². The maximum absolute atomic E-state index is 6.68. The molecule has 1 heterocycles. The lowest BCUT2D eigenvalue weighted by molar-refractivity contribution is 0.0512. The second-order valence-electron chi connectivity index (χ2n) is 11.5. The van der Waals surface area contributed by atoms with Crippen molar-refractivity contribution in [3.05, 3.63) is 22.3 Å². The largest absolute Gasteiger partial charge is 0.487 e. The molecule has 0 saturated carbocycles.